The number of rotatable bonds is 21. The van der Waals surface area contributed by atoms with Gasteiger partial charge in [-0.1, -0.05) is 85.2 Å². The van der Waals surface area contributed by atoms with Crippen LogP contribution in [0.15, 0.2) is 30.3 Å². The lowest BCUT2D eigenvalue weighted by molar-refractivity contribution is -0.148. The van der Waals surface area contributed by atoms with Gasteiger partial charge in [0.2, 0.25) is 23.6 Å². The average Bonchev–Trinajstić information content (AvgIpc) is 3.59. The molecular weight excluding hydrogens is 678 g/mol. The van der Waals surface area contributed by atoms with Crippen LogP contribution in [0.25, 0.3) is 0 Å². The summed E-state index contributed by atoms with van der Waals surface area (Å²) in [5.74, 6) is -3.21. The molecule has 1 fully saturated rings. The molecule has 0 radical (unpaired) electrons. The predicted octanol–water partition coefficient (Wildman–Crippen LogP) is 3.45. The van der Waals surface area contributed by atoms with Crippen LogP contribution in [0.5, 0.6) is 0 Å². The molecule has 1 aliphatic heterocycles. The summed E-state index contributed by atoms with van der Waals surface area (Å²) in [5, 5.41) is 15.6. The van der Waals surface area contributed by atoms with Crippen molar-refractivity contribution in [2.45, 2.75) is 123 Å². The topological polar surface area (TPSA) is 158 Å². The van der Waals surface area contributed by atoms with E-state index < -0.39 is 60.2 Å². The van der Waals surface area contributed by atoms with E-state index in [2.05, 4.69) is 10.6 Å². The Morgan fingerprint density at radius 2 is 1.53 bits per heavy atom. The van der Waals surface area contributed by atoms with E-state index in [1.165, 1.54) is 14.2 Å². The number of likely N-dealkylation sites (N-methyl/N-ethyl adjacent to an activating group) is 2. The van der Waals surface area contributed by atoms with Crippen LogP contribution in [0.1, 0.15) is 79.7 Å². The zero-order valence-corrected chi connectivity index (χ0v) is 34.1. The van der Waals surface area contributed by atoms with Gasteiger partial charge >= 0.3 is 5.97 Å². The summed E-state index contributed by atoms with van der Waals surface area (Å²) in [4.78, 5) is 72.5. The summed E-state index contributed by atoms with van der Waals surface area (Å²) in [5.41, 5.74) is 0.785. The third-order valence-corrected chi connectivity index (χ3v) is 10.8. The summed E-state index contributed by atoms with van der Waals surface area (Å²) in [7, 11) is 8.44. The Morgan fingerprint density at radius 3 is 2.02 bits per heavy atom. The van der Waals surface area contributed by atoms with Crippen molar-refractivity contribution in [1.29, 1.82) is 0 Å². The van der Waals surface area contributed by atoms with Gasteiger partial charge in [-0.25, -0.2) is 4.79 Å². The molecule has 3 N–H and O–H groups in total. The molecule has 300 valence electrons. The summed E-state index contributed by atoms with van der Waals surface area (Å²) in [6, 6.07) is 5.89. The molecule has 0 bridgehead atoms. The van der Waals surface area contributed by atoms with Gasteiger partial charge in [0.25, 0.3) is 0 Å². The largest absolute Gasteiger partial charge is 0.480 e. The standard InChI is InChI=1S/C40H67N5O8/c1-13-26(6)35(44(10)39(49)33(24(2)3)42-38(48)34(25(4)5)43(8)9)31(52-11)23-32(46)45-21-17-20-30(45)36(53-12)27(7)37(47)41-29(40(50)51)22-28-18-15-14-16-19-28/h14-16,18-19,24-27,29-31,33-36H,13,17,20-23H2,1-12H3,(H,41,47)(H,42,48)(H,50,51)/t26-,27+,29-,30-,31+,33+,34-,35-,36+/m0/s1. The first kappa shape index (κ1) is 45.6. The predicted molar refractivity (Wildman–Crippen MR) is 205 cm³/mol. The van der Waals surface area contributed by atoms with Crippen molar-refractivity contribution >= 4 is 29.6 Å². The Bertz CT molecular complexity index is 1330. The van der Waals surface area contributed by atoms with Crippen LogP contribution in [0, 0.1) is 23.7 Å². The number of likely N-dealkylation sites (tertiary alicyclic amines) is 1. The van der Waals surface area contributed by atoms with Crippen molar-refractivity contribution in [3.63, 3.8) is 0 Å². The molecule has 13 heteroatoms. The number of amides is 4. The van der Waals surface area contributed by atoms with Crippen LogP contribution in [0.3, 0.4) is 0 Å². The van der Waals surface area contributed by atoms with E-state index in [1.807, 2.05) is 90.9 Å². The van der Waals surface area contributed by atoms with Gasteiger partial charge in [0.1, 0.15) is 12.1 Å². The van der Waals surface area contributed by atoms with E-state index in [9.17, 15) is 29.1 Å². The number of carbonyl (C=O) groups is 5. The van der Waals surface area contributed by atoms with Crippen molar-refractivity contribution in [2.75, 3.05) is 41.9 Å². The van der Waals surface area contributed by atoms with E-state index in [0.717, 1.165) is 12.0 Å². The first-order chi connectivity index (χ1) is 24.9. The monoisotopic (exact) mass is 745 g/mol. The minimum Gasteiger partial charge on any atom is -0.480 e. The summed E-state index contributed by atoms with van der Waals surface area (Å²) in [6.07, 6.45) is 0.820. The van der Waals surface area contributed by atoms with Gasteiger partial charge in [-0.05, 0) is 50.3 Å². The molecular formula is C40H67N5O8. The average molecular weight is 746 g/mol. The molecule has 53 heavy (non-hydrogen) atoms. The molecule has 1 saturated heterocycles. The second kappa shape index (κ2) is 21.4. The van der Waals surface area contributed by atoms with E-state index in [-0.39, 0.29) is 48.3 Å². The number of carbonyl (C=O) groups excluding carboxylic acids is 4. The molecule has 0 aromatic heterocycles. The second-order valence-corrected chi connectivity index (χ2v) is 15.6. The minimum absolute atomic E-state index is 0.0104. The van der Waals surface area contributed by atoms with E-state index >= 15 is 0 Å². The molecule has 1 heterocycles. The maximum Gasteiger partial charge on any atom is 0.326 e. The lowest BCUT2D eigenvalue weighted by Gasteiger charge is -2.41. The molecule has 1 aliphatic rings. The Kier molecular flexibility index (Phi) is 18.4. The number of nitrogens with one attached hydrogen (secondary N) is 2. The lowest BCUT2D eigenvalue weighted by atomic mass is 9.89. The zero-order valence-electron chi connectivity index (χ0n) is 34.1. The number of aliphatic carboxylic acids is 1. The number of nitrogens with zero attached hydrogens (tertiary/aromatic N) is 3. The highest BCUT2D eigenvalue weighted by Crippen LogP contribution is 2.30. The fourth-order valence-electron chi connectivity index (χ4n) is 7.76. The summed E-state index contributed by atoms with van der Waals surface area (Å²) >= 11 is 0. The molecule has 1 aromatic rings. The number of carboxylic acids is 1. The maximum absolute atomic E-state index is 14.2. The van der Waals surface area contributed by atoms with Crippen molar-refractivity contribution in [1.82, 2.24) is 25.3 Å². The highest BCUT2D eigenvalue weighted by atomic mass is 16.5. The van der Waals surface area contributed by atoms with Crippen molar-refractivity contribution in [2.24, 2.45) is 23.7 Å². The molecule has 9 atom stereocenters. The number of hydrogen-bond acceptors (Lipinski definition) is 8. The Balaban J connectivity index is 2.27. The van der Waals surface area contributed by atoms with Crippen LogP contribution in [-0.2, 0) is 39.9 Å². The van der Waals surface area contributed by atoms with E-state index in [0.29, 0.717) is 19.4 Å². The molecule has 0 saturated carbocycles. The molecule has 0 unspecified atom stereocenters. The quantitative estimate of drug-likeness (QED) is 0.172. The lowest BCUT2D eigenvalue weighted by Crippen LogP contribution is -2.59. The SMILES string of the molecule is CC[C@H](C)[C@@H]([C@@H](CC(=O)N1CCC[C@H]1[C@H](OC)[C@@H](C)C(=O)N[C@@H](Cc1ccccc1)C(=O)O)OC)N(C)C(=O)[C@H](NC(=O)[C@H](C(C)C)N(C)C)C(C)C. The van der Waals surface area contributed by atoms with Crippen molar-refractivity contribution in [3.8, 4) is 0 Å². The van der Waals surface area contributed by atoms with Gasteiger partial charge in [0, 0.05) is 34.2 Å². The number of hydrogen-bond donors (Lipinski definition) is 3. The smallest absolute Gasteiger partial charge is 0.326 e. The van der Waals surface area contributed by atoms with Crippen molar-refractivity contribution < 1.29 is 38.6 Å². The van der Waals surface area contributed by atoms with Gasteiger partial charge < -0.3 is 35.0 Å². The highest BCUT2D eigenvalue weighted by Gasteiger charge is 2.43. The third-order valence-electron chi connectivity index (χ3n) is 10.8. The molecule has 1 aromatic carbocycles. The maximum atomic E-state index is 14.2. The van der Waals surface area contributed by atoms with Crippen LogP contribution < -0.4 is 10.6 Å². The molecule has 0 spiro atoms. The van der Waals surface area contributed by atoms with Crippen LogP contribution in [0.2, 0.25) is 0 Å². The van der Waals surface area contributed by atoms with Crippen molar-refractivity contribution in [3.05, 3.63) is 35.9 Å². The second-order valence-electron chi connectivity index (χ2n) is 15.6. The third kappa shape index (κ3) is 12.2. The zero-order chi connectivity index (χ0) is 40.2. The minimum atomic E-state index is -1.14. The molecule has 0 aliphatic carbocycles. The molecule has 13 nitrogen and oxygen atoms in total. The first-order valence-corrected chi connectivity index (χ1v) is 19.1. The number of ether oxygens (including phenoxy) is 2. The highest BCUT2D eigenvalue weighted by molar-refractivity contribution is 5.90. The number of carboxylic acid groups (broad SMARTS) is 1. The van der Waals surface area contributed by atoms with Gasteiger partial charge in [0.05, 0.1) is 42.7 Å². The molecule has 4 amide bonds. The Morgan fingerprint density at radius 1 is 0.906 bits per heavy atom. The van der Waals surface area contributed by atoms with Gasteiger partial charge in [-0.2, -0.15) is 0 Å². The van der Waals surface area contributed by atoms with Crippen LogP contribution >= 0.6 is 0 Å². The summed E-state index contributed by atoms with van der Waals surface area (Å²) in [6.45, 7) is 13.9. The normalized spacial score (nSPS) is 19.2. The number of methoxy groups -OCH3 is 2. The van der Waals surface area contributed by atoms with E-state index in [4.69, 9.17) is 9.47 Å². The fourth-order valence-corrected chi connectivity index (χ4v) is 7.76. The number of benzene rings is 1. The Labute approximate surface area is 317 Å². The van der Waals surface area contributed by atoms with Gasteiger partial charge in [-0.3, -0.25) is 24.1 Å². The fraction of sp³-hybridized carbons (Fsp3) is 0.725. The first-order valence-electron chi connectivity index (χ1n) is 19.1. The summed E-state index contributed by atoms with van der Waals surface area (Å²) < 4.78 is 11.9. The van der Waals surface area contributed by atoms with Crippen LogP contribution in [0.4, 0.5) is 0 Å². The van der Waals surface area contributed by atoms with Crippen LogP contribution in [-0.4, -0.2) is 134 Å². The molecule has 2 rings (SSSR count). The van der Waals surface area contributed by atoms with Gasteiger partial charge in [0.15, 0.2) is 0 Å². The van der Waals surface area contributed by atoms with Gasteiger partial charge in [-0.15, -0.1) is 0 Å². The Hall–Kier alpha value is -3.55. The van der Waals surface area contributed by atoms with E-state index in [1.54, 1.807) is 23.8 Å².